The Morgan fingerprint density at radius 1 is 1.17 bits per heavy atom. The van der Waals surface area contributed by atoms with Crippen molar-refractivity contribution in [3.63, 3.8) is 0 Å². The molecule has 0 bridgehead atoms. The molecule has 2 aromatic heterocycles. The topological polar surface area (TPSA) is 50.9 Å². The second kappa shape index (κ2) is 5.90. The van der Waals surface area contributed by atoms with Gasteiger partial charge in [-0.25, -0.2) is 4.98 Å². The van der Waals surface area contributed by atoms with Crippen LogP contribution in [0, 0.1) is 13.8 Å². The molecule has 0 radical (unpaired) electrons. The summed E-state index contributed by atoms with van der Waals surface area (Å²) in [5, 5.41) is 13.8. The number of nitrogens with zero attached hydrogens (tertiary/aromatic N) is 3. The smallest absolute Gasteiger partial charge is 0.394 e. The number of halogens is 3. The van der Waals surface area contributed by atoms with E-state index in [1.54, 1.807) is 23.9 Å². The van der Waals surface area contributed by atoms with Crippen molar-refractivity contribution in [1.29, 1.82) is 0 Å². The van der Waals surface area contributed by atoms with E-state index in [4.69, 9.17) is 5.11 Å². The van der Waals surface area contributed by atoms with Crippen molar-refractivity contribution in [2.24, 2.45) is 0 Å². The third-order valence-corrected chi connectivity index (χ3v) is 3.89. The van der Waals surface area contributed by atoms with Gasteiger partial charge in [0.1, 0.15) is 0 Å². The fraction of sp³-hybridized carbons (Fsp3) is 0.294. The maximum Gasteiger partial charge on any atom is 0.416 e. The predicted octanol–water partition coefficient (Wildman–Crippen LogP) is 3.73. The summed E-state index contributed by atoms with van der Waals surface area (Å²) >= 11 is 0. The summed E-state index contributed by atoms with van der Waals surface area (Å²) in [4.78, 5) is 4.48. The highest BCUT2D eigenvalue weighted by Gasteiger charge is 2.30. The maximum absolute atomic E-state index is 12.9. The lowest BCUT2D eigenvalue weighted by Crippen LogP contribution is -2.04. The zero-order valence-electron chi connectivity index (χ0n) is 13.2. The van der Waals surface area contributed by atoms with Crippen LogP contribution in [0.5, 0.6) is 0 Å². The Hall–Kier alpha value is -2.41. The zero-order chi connectivity index (χ0) is 17.5. The van der Waals surface area contributed by atoms with Crippen LogP contribution in [0.1, 0.15) is 16.8 Å². The fourth-order valence-electron chi connectivity index (χ4n) is 2.69. The van der Waals surface area contributed by atoms with Gasteiger partial charge in [0.2, 0.25) is 0 Å². The Kier molecular flexibility index (Phi) is 4.04. The number of rotatable bonds is 3. The van der Waals surface area contributed by atoms with E-state index in [1.165, 1.54) is 6.07 Å². The lowest BCUT2D eigenvalue weighted by Gasteiger charge is -2.10. The lowest BCUT2D eigenvalue weighted by molar-refractivity contribution is -0.137. The summed E-state index contributed by atoms with van der Waals surface area (Å²) < 4.78 is 40.2. The van der Waals surface area contributed by atoms with Crippen LogP contribution in [-0.4, -0.2) is 26.5 Å². The summed E-state index contributed by atoms with van der Waals surface area (Å²) in [5.74, 6) is 0. The average molecular weight is 335 g/mol. The molecule has 0 spiro atoms. The van der Waals surface area contributed by atoms with E-state index in [0.29, 0.717) is 23.1 Å². The number of aliphatic hydroxyl groups is 1. The number of pyridine rings is 1. The van der Waals surface area contributed by atoms with Gasteiger partial charge in [-0.2, -0.15) is 18.3 Å². The molecule has 0 saturated heterocycles. The number of aryl methyl sites for hydroxylation is 2. The minimum absolute atomic E-state index is 0.0229. The molecule has 3 rings (SSSR count). The van der Waals surface area contributed by atoms with Crippen LogP contribution in [0.2, 0.25) is 0 Å². The predicted molar refractivity (Wildman–Crippen MR) is 84.5 cm³/mol. The van der Waals surface area contributed by atoms with Gasteiger partial charge in [-0.3, -0.25) is 4.68 Å². The van der Waals surface area contributed by atoms with Crippen LogP contribution in [-0.2, 0) is 12.7 Å². The first-order valence-electron chi connectivity index (χ1n) is 7.43. The van der Waals surface area contributed by atoms with Crippen molar-refractivity contribution < 1.29 is 18.3 Å². The van der Waals surface area contributed by atoms with Gasteiger partial charge >= 0.3 is 6.18 Å². The molecule has 1 aromatic carbocycles. The Morgan fingerprint density at radius 3 is 2.58 bits per heavy atom. The molecule has 0 aliphatic rings. The normalized spacial score (nSPS) is 12.1. The standard InChI is InChI=1S/C17H16F3N3O/c1-10-7-16(14-9-23(5-6-24)22-11(14)2)21-15-4-3-12(8-13(10)15)17(18,19)20/h3-4,7-9,24H,5-6H2,1-2H3. The van der Waals surface area contributed by atoms with E-state index >= 15 is 0 Å². The quantitative estimate of drug-likeness (QED) is 0.793. The van der Waals surface area contributed by atoms with Crippen molar-refractivity contribution in [1.82, 2.24) is 14.8 Å². The van der Waals surface area contributed by atoms with Crippen LogP contribution in [0.15, 0.2) is 30.5 Å². The van der Waals surface area contributed by atoms with Crippen molar-refractivity contribution in [3.8, 4) is 11.3 Å². The molecule has 4 nitrogen and oxygen atoms in total. The summed E-state index contributed by atoms with van der Waals surface area (Å²) in [6, 6.07) is 5.32. The van der Waals surface area contributed by atoms with Crippen molar-refractivity contribution >= 4 is 10.9 Å². The zero-order valence-corrected chi connectivity index (χ0v) is 13.2. The fourth-order valence-corrected chi connectivity index (χ4v) is 2.69. The molecule has 0 saturated carbocycles. The highest BCUT2D eigenvalue weighted by atomic mass is 19.4. The minimum atomic E-state index is -4.37. The van der Waals surface area contributed by atoms with Gasteiger partial charge in [-0.05, 0) is 43.7 Å². The van der Waals surface area contributed by atoms with E-state index in [2.05, 4.69) is 10.1 Å². The molecule has 2 heterocycles. The van der Waals surface area contributed by atoms with Crippen molar-refractivity contribution in [2.75, 3.05) is 6.61 Å². The SMILES string of the molecule is Cc1nn(CCO)cc1-c1cc(C)c2cc(C(F)(F)F)ccc2n1. The maximum atomic E-state index is 12.9. The summed E-state index contributed by atoms with van der Waals surface area (Å²) in [6.07, 6.45) is -2.59. The summed E-state index contributed by atoms with van der Waals surface area (Å²) in [6.45, 7) is 3.95. The van der Waals surface area contributed by atoms with Crippen LogP contribution >= 0.6 is 0 Å². The lowest BCUT2D eigenvalue weighted by atomic mass is 10.0. The van der Waals surface area contributed by atoms with Crippen molar-refractivity contribution in [2.45, 2.75) is 26.6 Å². The van der Waals surface area contributed by atoms with Crippen LogP contribution in [0.25, 0.3) is 22.2 Å². The summed E-state index contributed by atoms with van der Waals surface area (Å²) in [7, 11) is 0. The van der Waals surface area contributed by atoms with E-state index in [1.807, 2.05) is 6.92 Å². The molecule has 0 aliphatic carbocycles. The third kappa shape index (κ3) is 2.99. The molecule has 126 valence electrons. The molecule has 0 amide bonds. The molecular formula is C17H16F3N3O. The van der Waals surface area contributed by atoms with Gasteiger partial charge in [-0.15, -0.1) is 0 Å². The highest BCUT2D eigenvalue weighted by molar-refractivity contribution is 5.85. The number of hydrogen-bond donors (Lipinski definition) is 1. The molecule has 7 heteroatoms. The van der Waals surface area contributed by atoms with E-state index in [0.717, 1.165) is 29.0 Å². The van der Waals surface area contributed by atoms with Gasteiger partial charge in [0, 0.05) is 17.1 Å². The molecule has 0 aliphatic heterocycles. The third-order valence-electron chi connectivity index (χ3n) is 3.89. The highest BCUT2D eigenvalue weighted by Crippen LogP contribution is 2.33. The van der Waals surface area contributed by atoms with Crippen LogP contribution in [0.4, 0.5) is 13.2 Å². The first-order chi connectivity index (χ1) is 11.3. The second-order valence-electron chi connectivity index (χ2n) is 5.67. The van der Waals surface area contributed by atoms with Crippen LogP contribution < -0.4 is 0 Å². The number of benzene rings is 1. The Morgan fingerprint density at radius 2 is 1.92 bits per heavy atom. The van der Waals surface area contributed by atoms with Gasteiger partial charge in [0.25, 0.3) is 0 Å². The van der Waals surface area contributed by atoms with Crippen molar-refractivity contribution in [3.05, 3.63) is 47.3 Å². The van der Waals surface area contributed by atoms with Gasteiger partial charge in [-0.1, -0.05) is 0 Å². The molecule has 0 fully saturated rings. The molecule has 1 N–H and O–H groups in total. The first kappa shape index (κ1) is 16.4. The Labute approximate surface area is 136 Å². The van der Waals surface area contributed by atoms with Gasteiger partial charge in [0.15, 0.2) is 0 Å². The second-order valence-corrected chi connectivity index (χ2v) is 5.67. The molecular weight excluding hydrogens is 319 g/mol. The first-order valence-corrected chi connectivity index (χ1v) is 7.43. The largest absolute Gasteiger partial charge is 0.416 e. The van der Waals surface area contributed by atoms with E-state index < -0.39 is 11.7 Å². The Bertz CT molecular complexity index is 900. The monoisotopic (exact) mass is 335 g/mol. The molecule has 0 unspecified atom stereocenters. The number of alkyl halides is 3. The number of hydrogen-bond acceptors (Lipinski definition) is 3. The molecule has 24 heavy (non-hydrogen) atoms. The minimum Gasteiger partial charge on any atom is -0.394 e. The van der Waals surface area contributed by atoms with Gasteiger partial charge < -0.3 is 5.11 Å². The van der Waals surface area contributed by atoms with Crippen LogP contribution in [0.3, 0.4) is 0 Å². The van der Waals surface area contributed by atoms with E-state index in [9.17, 15) is 13.2 Å². The molecule has 3 aromatic rings. The number of aromatic nitrogens is 3. The number of aliphatic hydroxyl groups excluding tert-OH is 1. The van der Waals surface area contributed by atoms with E-state index in [-0.39, 0.29) is 6.61 Å². The molecule has 0 atom stereocenters. The number of fused-ring (bicyclic) bond motifs is 1. The Balaban J connectivity index is 2.12. The summed E-state index contributed by atoms with van der Waals surface area (Å²) in [5.41, 5.74) is 2.75. The van der Waals surface area contributed by atoms with Gasteiger partial charge in [0.05, 0.1) is 35.6 Å². The average Bonchev–Trinajstić information content (AvgIpc) is 2.87.